The molecule has 2 amide bonds. The number of methoxy groups -OCH3 is 1. The molecule has 0 spiro atoms. The van der Waals surface area contributed by atoms with Gasteiger partial charge in [0, 0.05) is 5.56 Å². The van der Waals surface area contributed by atoms with Crippen LogP contribution in [0.5, 0.6) is 11.5 Å². The van der Waals surface area contributed by atoms with Crippen molar-refractivity contribution in [3.8, 4) is 11.5 Å². The van der Waals surface area contributed by atoms with Gasteiger partial charge in [-0.25, -0.2) is 0 Å². The first-order valence-corrected chi connectivity index (χ1v) is 8.71. The Morgan fingerprint density at radius 2 is 1.70 bits per heavy atom. The zero-order chi connectivity index (χ0) is 19.4. The van der Waals surface area contributed by atoms with Crippen LogP contribution in [0.15, 0.2) is 54.3 Å². The highest BCUT2D eigenvalue weighted by Gasteiger charge is 2.39. The van der Waals surface area contributed by atoms with E-state index in [-0.39, 0.29) is 12.1 Å². The molecule has 27 heavy (non-hydrogen) atoms. The van der Waals surface area contributed by atoms with Crippen LogP contribution >= 0.6 is 0 Å². The number of nitrogens with zero attached hydrogens (tertiary/aromatic N) is 1. The number of para-hydroxylation sites is 1. The van der Waals surface area contributed by atoms with Gasteiger partial charge in [-0.05, 0) is 30.2 Å². The molecule has 0 aliphatic carbocycles. The van der Waals surface area contributed by atoms with Crippen LogP contribution in [0, 0.1) is 0 Å². The maximum atomic E-state index is 12.8. The maximum Gasteiger partial charge on any atom is 0.296 e. The molecular formula is C21H21NO5. The molecule has 2 aromatic rings. The fraction of sp³-hybridized carbons (Fsp3) is 0.238. The van der Waals surface area contributed by atoms with Gasteiger partial charge in [-0.1, -0.05) is 37.3 Å². The highest BCUT2D eigenvalue weighted by molar-refractivity contribution is 6.34. The fourth-order valence-electron chi connectivity index (χ4n) is 2.91. The van der Waals surface area contributed by atoms with Gasteiger partial charge in [-0.3, -0.25) is 14.5 Å². The van der Waals surface area contributed by atoms with Crippen LogP contribution in [0.25, 0.3) is 5.57 Å². The molecule has 1 heterocycles. The number of rotatable bonds is 7. The minimum absolute atomic E-state index is 0.00283. The highest BCUT2D eigenvalue weighted by atomic mass is 16.5. The molecular weight excluding hydrogens is 346 g/mol. The van der Waals surface area contributed by atoms with Crippen LogP contribution < -0.4 is 9.47 Å². The molecule has 0 saturated carbocycles. The fourth-order valence-corrected chi connectivity index (χ4v) is 2.91. The Labute approximate surface area is 157 Å². The molecule has 0 fully saturated rings. The van der Waals surface area contributed by atoms with E-state index in [1.54, 1.807) is 48.5 Å². The van der Waals surface area contributed by atoms with Gasteiger partial charge in [0.05, 0.1) is 25.8 Å². The molecule has 3 rings (SSSR count). The van der Waals surface area contributed by atoms with Gasteiger partial charge >= 0.3 is 0 Å². The zero-order valence-electron chi connectivity index (χ0n) is 15.3. The number of hydrogen-bond acceptors (Lipinski definition) is 5. The van der Waals surface area contributed by atoms with E-state index >= 15 is 0 Å². The second-order valence-corrected chi connectivity index (χ2v) is 6.10. The van der Waals surface area contributed by atoms with E-state index in [1.807, 2.05) is 6.92 Å². The summed E-state index contributed by atoms with van der Waals surface area (Å²) < 4.78 is 10.8. The van der Waals surface area contributed by atoms with Gasteiger partial charge in [0.1, 0.15) is 11.5 Å². The molecule has 140 valence electrons. The largest absolute Gasteiger partial charge is 0.502 e. The summed E-state index contributed by atoms with van der Waals surface area (Å²) >= 11 is 0. The van der Waals surface area contributed by atoms with Gasteiger partial charge in [-0.15, -0.1) is 0 Å². The van der Waals surface area contributed by atoms with E-state index in [0.717, 1.165) is 11.3 Å². The van der Waals surface area contributed by atoms with E-state index < -0.39 is 17.6 Å². The molecule has 6 heteroatoms. The van der Waals surface area contributed by atoms with Gasteiger partial charge in [0.2, 0.25) is 0 Å². The van der Waals surface area contributed by atoms with E-state index in [1.165, 1.54) is 7.11 Å². The third kappa shape index (κ3) is 3.65. The van der Waals surface area contributed by atoms with Crippen molar-refractivity contribution in [2.45, 2.75) is 19.9 Å². The van der Waals surface area contributed by atoms with Crippen molar-refractivity contribution < 1.29 is 24.2 Å². The van der Waals surface area contributed by atoms with Gasteiger partial charge in [-0.2, -0.15) is 0 Å². The predicted molar refractivity (Wildman–Crippen MR) is 100 cm³/mol. The maximum absolute atomic E-state index is 12.8. The van der Waals surface area contributed by atoms with Gasteiger partial charge < -0.3 is 14.6 Å². The number of amides is 2. The van der Waals surface area contributed by atoms with Crippen molar-refractivity contribution in [3.05, 3.63) is 65.4 Å². The summed E-state index contributed by atoms with van der Waals surface area (Å²) in [4.78, 5) is 26.3. The van der Waals surface area contributed by atoms with E-state index in [9.17, 15) is 14.7 Å². The second kappa shape index (κ2) is 7.95. The van der Waals surface area contributed by atoms with E-state index in [4.69, 9.17) is 9.47 Å². The summed E-state index contributed by atoms with van der Waals surface area (Å²) in [7, 11) is 1.52. The van der Waals surface area contributed by atoms with Crippen molar-refractivity contribution in [2.75, 3.05) is 13.7 Å². The average Bonchev–Trinajstić information content (AvgIpc) is 2.90. The zero-order valence-corrected chi connectivity index (χ0v) is 15.3. The van der Waals surface area contributed by atoms with E-state index in [0.29, 0.717) is 29.2 Å². The van der Waals surface area contributed by atoms with Crippen LogP contribution in [-0.2, 0) is 16.1 Å². The number of carbonyl (C=O) groups is 2. The number of aliphatic hydroxyl groups is 1. The summed E-state index contributed by atoms with van der Waals surface area (Å²) in [5.74, 6) is -0.554. The van der Waals surface area contributed by atoms with Crippen molar-refractivity contribution in [3.63, 3.8) is 0 Å². The lowest BCUT2D eigenvalue weighted by molar-refractivity contribution is -0.138. The summed E-state index contributed by atoms with van der Waals surface area (Å²) in [6.45, 7) is 2.63. The molecule has 0 saturated heterocycles. The summed E-state index contributed by atoms with van der Waals surface area (Å²) in [5.41, 5.74) is 1.15. The minimum Gasteiger partial charge on any atom is -0.502 e. The minimum atomic E-state index is -0.716. The first-order chi connectivity index (χ1) is 13.1. The monoisotopic (exact) mass is 367 g/mol. The van der Waals surface area contributed by atoms with Crippen LogP contribution in [-0.4, -0.2) is 35.5 Å². The number of ether oxygens (including phenoxy) is 2. The molecule has 0 atom stereocenters. The molecule has 0 bridgehead atoms. The Morgan fingerprint density at radius 3 is 2.37 bits per heavy atom. The molecule has 1 N–H and O–H groups in total. The van der Waals surface area contributed by atoms with Crippen LogP contribution in [0.2, 0.25) is 0 Å². The number of benzene rings is 2. The van der Waals surface area contributed by atoms with Gasteiger partial charge in [0.15, 0.2) is 5.76 Å². The molecule has 1 aliphatic rings. The van der Waals surface area contributed by atoms with Crippen molar-refractivity contribution >= 4 is 17.4 Å². The predicted octanol–water partition coefficient (Wildman–Crippen LogP) is 3.32. The SMILES string of the molecule is CCCOc1ccc(C2=C(O)C(=O)N(Cc3ccccc3OC)C2=O)cc1. The molecule has 6 nitrogen and oxygen atoms in total. The molecule has 1 aliphatic heterocycles. The first kappa shape index (κ1) is 18.5. The number of carbonyl (C=O) groups excluding carboxylic acids is 2. The van der Waals surface area contributed by atoms with Crippen LogP contribution in [0.4, 0.5) is 0 Å². The quantitative estimate of drug-likeness (QED) is 0.760. The Bertz CT molecular complexity index is 886. The first-order valence-electron chi connectivity index (χ1n) is 8.71. The van der Waals surface area contributed by atoms with Crippen molar-refractivity contribution in [2.24, 2.45) is 0 Å². The number of hydrogen-bond donors (Lipinski definition) is 1. The van der Waals surface area contributed by atoms with E-state index in [2.05, 4.69) is 0 Å². The Kier molecular flexibility index (Phi) is 5.45. The van der Waals surface area contributed by atoms with Crippen LogP contribution in [0.1, 0.15) is 24.5 Å². The number of aliphatic hydroxyl groups excluding tert-OH is 1. The Balaban J connectivity index is 1.83. The third-order valence-corrected chi connectivity index (χ3v) is 4.28. The Morgan fingerprint density at radius 1 is 1.00 bits per heavy atom. The molecule has 2 aromatic carbocycles. The Hall–Kier alpha value is -3.28. The third-order valence-electron chi connectivity index (χ3n) is 4.28. The summed E-state index contributed by atoms with van der Waals surface area (Å²) in [6, 6.07) is 13.9. The molecule has 0 aromatic heterocycles. The standard InChI is InChI=1S/C21H21NO5/c1-3-12-27-16-10-8-14(9-11-16)18-19(23)21(25)22(20(18)24)13-15-6-4-5-7-17(15)26-2/h4-11,23H,3,12-13H2,1-2H3. The second-order valence-electron chi connectivity index (χ2n) is 6.10. The lowest BCUT2D eigenvalue weighted by Crippen LogP contribution is -2.31. The van der Waals surface area contributed by atoms with Crippen LogP contribution in [0.3, 0.4) is 0 Å². The van der Waals surface area contributed by atoms with Gasteiger partial charge in [0.25, 0.3) is 11.8 Å². The van der Waals surface area contributed by atoms with Crippen molar-refractivity contribution in [1.82, 2.24) is 4.90 Å². The lowest BCUT2D eigenvalue weighted by Gasteiger charge is -2.16. The van der Waals surface area contributed by atoms with Crippen molar-refractivity contribution in [1.29, 1.82) is 0 Å². The smallest absolute Gasteiger partial charge is 0.296 e. The summed E-state index contributed by atoms with van der Waals surface area (Å²) in [6.07, 6.45) is 0.887. The topological polar surface area (TPSA) is 76.1 Å². The highest BCUT2D eigenvalue weighted by Crippen LogP contribution is 2.31. The normalized spacial score (nSPS) is 14.1. The summed E-state index contributed by atoms with van der Waals surface area (Å²) in [5, 5.41) is 10.3. The average molecular weight is 367 g/mol. The number of imide groups is 1. The molecule has 0 radical (unpaired) electrons. The molecule has 0 unspecified atom stereocenters. The lowest BCUT2D eigenvalue weighted by atomic mass is 10.1.